The van der Waals surface area contributed by atoms with Gasteiger partial charge in [-0.2, -0.15) is 0 Å². The number of likely N-dealkylation sites (tertiary alicyclic amines) is 1. The average Bonchev–Trinajstić information content (AvgIpc) is 3.32. The Balaban J connectivity index is 1.27. The number of furan rings is 1. The molecule has 0 aliphatic carbocycles. The van der Waals surface area contributed by atoms with Crippen molar-refractivity contribution >= 4 is 0 Å². The smallest absolute Gasteiger partial charge is 0.118 e. The summed E-state index contributed by atoms with van der Waals surface area (Å²) in [5, 5.41) is 0. The lowest BCUT2D eigenvalue weighted by molar-refractivity contribution is -0.0461. The molecule has 0 saturated carbocycles. The normalized spacial score (nSPS) is 22.7. The molecule has 1 aromatic heterocycles. The number of rotatable bonds is 6. The van der Waals surface area contributed by atoms with E-state index in [1.54, 1.807) is 0 Å². The SMILES string of the molecule is CCc1ccc(CN2CCC3(CC2)C[C@@H](N(C)Cc2ccccc2)CO3)o1. The third-order valence-corrected chi connectivity index (χ3v) is 6.30. The van der Waals surface area contributed by atoms with Gasteiger partial charge in [-0.1, -0.05) is 37.3 Å². The first-order chi connectivity index (χ1) is 13.2. The Morgan fingerprint density at radius 3 is 2.52 bits per heavy atom. The molecule has 1 spiro atoms. The van der Waals surface area contributed by atoms with E-state index < -0.39 is 0 Å². The number of likely N-dealkylation sites (N-methyl/N-ethyl adjacent to an activating group) is 1. The highest BCUT2D eigenvalue weighted by molar-refractivity contribution is 5.14. The third-order valence-electron chi connectivity index (χ3n) is 6.30. The molecule has 3 heterocycles. The molecule has 0 amide bonds. The highest BCUT2D eigenvalue weighted by Gasteiger charge is 2.43. The van der Waals surface area contributed by atoms with E-state index in [0.717, 1.165) is 70.0 Å². The quantitative estimate of drug-likeness (QED) is 0.768. The van der Waals surface area contributed by atoms with Crippen molar-refractivity contribution in [2.75, 3.05) is 26.7 Å². The van der Waals surface area contributed by atoms with E-state index in [1.165, 1.54) is 5.56 Å². The van der Waals surface area contributed by atoms with Crippen molar-refractivity contribution in [1.82, 2.24) is 9.80 Å². The molecular formula is C23H32N2O2. The molecule has 1 atom stereocenters. The minimum atomic E-state index is 0.0872. The molecule has 2 saturated heterocycles. The molecule has 0 unspecified atom stereocenters. The molecule has 2 fully saturated rings. The van der Waals surface area contributed by atoms with E-state index in [-0.39, 0.29) is 5.60 Å². The van der Waals surface area contributed by atoms with Gasteiger partial charge < -0.3 is 9.15 Å². The number of nitrogens with zero attached hydrogens (tertiary/aromatic N) is 2. The fourth-order valence-electron chi connectivity index (χ4n) is 4.49. The topological polar surface area (TPSA) is 28.9 Å². The minimum Gasteiger partial charge on any atom is -0.465 e. The van der Waals surface area contributed by atoms with Gasteiger partial charge in [-0.25, -0.2) is 0 Å². The summed E-state index contributed by atoms with van der Waals surface area (Å²) >= 11 is 0. The predicted molar refractivity (Wildman–Crippen MR) is 108 cm³/mol. The zero-order chi connectivity index (χ0) is 18.7. The van der Waals surface area contributed by atoms with Gasteiger partial charge in [0, 0.05) is 32.1 Å². The second-order valence-corrected chi connectivity index (χ2v) is 8.25. The van der Waals surface area contributed by atoms with E-state index in [4.69, 9.17) is 9.15 Å². The third kappa shape index (κ3) is 4.45. The Kier molecular flexibility index (Phi) is 5.67. The molecule has 0 bridgehead atoms. The van der Waals surface area contributed by atoms with Crippen LogP contribution in [-0.2, 0) is 24.2 Å². The summed E-state index contributed by atoms with van der Waals surface area (Å²) in [7, 11) is 2.23. The van der Waals surface area contributed by atoms with Crippen LogP contribution < -0.4 is 0 Å². The van der Waals surface area contributed by atoms with Gasteiger partial charge in [-0.15, -0.1) is 0 Å². The van der Waals surface area contributed by atoms with Crippen LogP contribution in [0.2, 0.25) is 0 Å². The van der Waals surface area contributed by atoms with Gasteiger partial charge in [-0.3, -0.25) is 9.80 Å². The van der Waals surface area contributed by atoms with Crippen LogP contribution in [0.25, 0.3) is 0 Å². The fraction of sp³-hybridized carbons (Fsp3) is 0.565. The van der Waals surface area contributed by atoms with Crippen molar-refractivity contribution in [3.8, 4) is 0 Å². The van der Waals surface area contributed by atoms with Crippen LogP contribution in [0.5, 0.6) is 0 Å². The number of hydrogen-bond acceptors (Lipinski definition) is 4. The van der Waals surface area contributed by atoms with Gasteiger partial charge in [0.1, 0.15) is 11.5 Å². The molecule has 1 aromatic carbocycles. The lowest BCUT2D eigenvalue weighted by atomic mass is 9.87. The van der Waals surface area contributed by atoms with Gasteiger partial charge in [0.2, 0.25) is 0 Å². The first-order valence-electron chi connectivity index (χ1n) is 10.3. The Hall–Kier alpha value is -1.62. The van der Waals surface area contributed by atoms with Gasteiger partial charge in [0.05, 0.1) is 18.8 Å². The molecule has 146 valence electrons. The van der Waals surface area contributed by atoms with Crippen LogP contribution >= 0.6 is 0 Å². The van der Waals surface area contributed by atoms with Gasteiger partial charge in [-0.05, 0) is 44.0 Å². The van der Waals surface area contributed by atoms with Gasteiger partial charge >= 0.3 is 0 Å². The molecule has 4 heteroatoms. The largest absolute Gasteiger partial charge is 0.465 e. The van der Waals surface area contributed by atoms with Gasteiger partial charge in [0.25, 0.3) is 0 Å². The van der Waals surface area contributed by atoms with Crippen molar-refractivity contribution < 1.29 is 9.15 Å². The first-order valence-corrected chi connectivity index (χ1v) is 10.3. The van der Waals surface area contributed by atoms with E-state index in [2.05, 4.69) is 66.2 Å². The second-order valence-electron chi connectivity index (χ2n) is 8.25. The van der Waals surface area contributed by atoms with Crippen molar-refractivity contribution in [3.63, 3.8) is 0 Å². The van der Waals surface area contributed by atoms with Crippen LogP contribution in [0.15, 0.2) is 46.9 Å². The Labute approximate surface area is 163 Å². The zero-order valence-electron chi connectivity index (χ0n) is 16.7. The number of hydrogen-bond donors (Lipinski definition) is 0. The highest BCUT2D eigenvalue weighted by atomic mass is 16.5. The molecular weight excluding hydrogens is 336 g/mol. The van der Waals surface area contributed by atoms with Crippen molar-refractivity contribution in [2.24, 2.45) is 0 Å². The predicted octanol–water partition coefficient (Wildman–Crippen LogP) is 4.10. The standard InChI is InChI=1S/C23H32N2O2/c1-3-21-9-10-22(27-21)17-25-13-11-23(12-14-25)15-20(18-26-23)24(2)16-19-7-5-4-6-8-19/h4-10,20H,3,11-18H2,1-2H3/t20-/m1/s1. The molecule has 2 aromatic rings. The minimum absolute atomic E-state index is 0.0872. The van der Waals surface area contributed by atoms with Crippen molar-refractivity contribution in [3.05, 3.63) is 59.5 Å². The van der Waals surface area contributed by atoms with Crippen LogP contribution in [0.4, 0.5) is 0 Å². The number of piperidine rings is 1. The first kappa shape index (κ1) is 18.7. The van der Waals surface area contributed by atoms with E-state index >= 15 is 0 Å². The van der Waals surface area contributed by atoms with Crippen LogP contribution in [0, 0.1) is 0 Å². The summed E-state index contributed by atoms with van der Waals surface area (Å²) < 4.78 is 12.3. The maximum absolute atomic E-state index is 6.38. The average molecular weight is 369 g/mol. The summed E-state index contributed by atoms with van der Waals surface area (Å²) in [6.07, 6.45) is 4.38. The van der Waals surface area contributed by atoms with Crippen LogP contribution in [0.1, 0.15) is 43.3 Å². The molecule has 27 heavy (non-hydrogen) atoms. The maximum atomic E-state index is 6.38. The molecule has 0 radical (unpaired) electrons. The molecule has 4 rings (SSSR count). The monoisotopic (exact) mass is 368 g/mol. The number of benzene rings is 1. The van der Waals surface area contributed by atoms with Gasteiger partial charge in [0.15, 0.2) is 0 Å². The maximum Gasteiger partial charge on any atom is 0.118 e. The van der Waals surface area contributed by atoms with Crippen molar-refractivity contribution in [1.29, 1.82) is 0 Å². The molecule has 2 aliphatic heterocycles. The Morgan fingerprint density at radius 2 is 1.81 bits per heavy atom. The summed E-state index contributed by atoms with van der Waals surface area (Å²) in [5.41, 5.74) is 1.46. The number of ether oxygens (including phenoxy) is 1. The molecule has 0 N–H and O–H groups in total. The fourth-order valence-corrected chi connectivity index (χ4v) is 4.49. The van der Waals surface area contributed by atoms with E-state index in [1.807, 2.05) is 0 Å². The van der Waals surface area contributed by atoms with Crippen molar-refractivity contribution in [2.45, 2.75) is 57.3 Å². The summed E-state index contributed by atoms with van der Waals surface area (Å²) in [5.74, 6) is 2.18. The summed E-state index contributed by atoms with van der Waals surface area (Å²) in [6.45, 7) is 7.11. The van der Waals surface area contributed by atoms with Crippen LogP contribution in [-0.4, -0.2) is 48.2 Å². The molecule has 4 nitrogen and oxygen atoms in total. The lowest BCUT2D eigenvalue weighted by Crippen LogP contribution is -2.44. The Morgan fingerprint density at radius 1 is 1.07 bits per heavy atom. The summed E-state index contributed by atoms with van der Waals surface area (Å²) in [6, 6.07) is 15.5. The van der Waals surface area contributed by atoms with E-state index in [0.29, 0.717) is 6.04 Å². The van der Waals surface area contributed by atoms with Crippen LogP contribution in [0.3, 0.4) is 0 Å². The highest BCUT2D eigenvalue weighted by Crippen LogP contribution is 2.38. The zero-order valence-corrected chi connectivity index (χ0v) is 16.7. The molecule has 2 aliphatic rings. The Bertz CT molecular complexity index is 719. The number of aryl methyl sites for hydroxylation is 1. The second kappa shape index (κ2) is 8.17. The van der Waals surface area contributed by atoms with E-state index in [9.17, 15) is 0 Å². The summed E-state index contributed by atoms with van der Waals surface area (Å²) in [4.78, 5) is 4.97. The lowest BCUT2D eigenvalue weighted by Gasteiger charge is -2.38.